The van der Waals surface area contributed by atoms with Gasteiger partial charge in [-0.3, -0.25) is 0 Å². The van der Waals surface area contributed by atoms with E-state index in [4.69, 9.17) is 4.74 Å². The van der Waals surface area contributed by atoms with E-state index in [1.807, 2.05) is 41.3 Å². The van der Waals surface area contributed by atoms with E-state index in [2.05, 4.69) is 41.2 Å². The second-order valence-electron chi connectivity index (χ2n) is 6.39. The zero-order chi connectivity index (χ0) is 18.0. The van der Waals surface area contributed by atoms with Gasteiger partial charge in [0.2, 0.25) is 0 Å². The van der Waals surface area contributed by atoms with Crippen molar-refractivity contribution in [1.82, 2.24) is 10.2 Å². The van der Waals surface area contributed by atoms with E-state index in [0.717, 1.165) is 22.2 Å². The van der Waals surface area contributed by atoms with Gasteiger partial charge in [0, 0.05) is 17.6 Å². The SMILES string of the molecule is CCC1(c2cccc(Br)c2C)CNC(=O)N1Cc1ccc(OC)cc1. The molecule has 132 valence electrons. The molecule has 0 radical (unpaired) electrons. The van der Waals surface area contributed by atoms with Crippen LogP contribution in [0.4, 0.5) is 4.79 Å². The van der Waals surface area contributed by atoms with Crippen LogP contribution in [0.25, 0.3) is 0 Å². The number of urea groups is 1. The number of hydrogen-bond donors (Lipinski definition) is 1. The first-order valence-corrected chi connectivity index (χ1v) is 9.25. The fourth-order valence-electron chi connectivity index (χ4n) is 3.60. The highest BCUT2D eigenvalue weighted by atomic mass is 79.9. The molecule has 2 aromatic rings. The van der Waals surface area contributed by atoms with Crippen LogP contribution in [0, 0.1) is 6.92 Å². The molecule has 1 heterocycles. The summed E-state index contributed by atoms with van der Waals surface area (Å²) in [5, 5.41) is 3.05. The smallest absolute Gasteiger partial charge is 0.318 e. The lowest BCUT2D eigenvalue weighted by Gasteiger charge is -2.38. The van der Waals surface area contributed by atoms with Crippen molar-refractivity contribution in [2.24, 2.45) is 0 Å². The molecular weight excluding hydrogens is 380 g/mol. The maximum absolute atomic E-state index is 12.6. The molecule has 0 bridgehead atoms. The minimum atomic E-state index is -0.342. The Morgan fingerprint density at radius 2 is 1.96 bits per heavy atom. The van der Waals surface area contributed by atoms with Gasteiger partial charge in [0.1, 0.15) is 5.75 Å². The third-order valence-electron chi connectivity index (χ3n) is 5.15. The number of carbonyl (C=O) groups is 1. The van der Waals surface area contributed by atoms with Gasteiger partial charge in [-0.15, -0.1) is 0 Å². The van der Waals surface area contributed by atoms with Gasteiger partial charge < -0.3 is 15.0 Å². The summed E-state index contributed by atoms with van der Waals surface area (Å²) in [6, 6.07) is 14.1. The van der Waals surface area contributed by atoms with Gasteiger partial charge in [0.15, 0.2) is 0 Å². The van der Waals surface area contributed by atoms with Crippen molar-refractivity contribution < 1.29 is 9.53 Å². The van der Waals surface area contributed by atoms with Crippen LogP contribution in [-0.2, 0) is 12.1 Å². The molecule has 2 aromatic carbocycles. The van der Waals surface area contributed by atoms with Crippen molar-refractivity contribution in [3.05, 3.63) is 63.6 Å². The summed E-state index contributed by atoms with van der Waals surface area (Å²) >= 11 is 3.63. The number of nitrogens with one attached hydrogen (secondary N) is 1. The van der Waals surface area contributed by atoms with E-state index in [1.165, 1.54) is 11.1 Å². The van der Waals surface area contributed by atoms with Gasteiger partial charge in [-0.05, 0) is 48.2 Å². The predicted octanol–water partition coefficient (Wildman–Crippen LogP) is 4.60. The van der Waals surface area contributed by atoms with Crippen LogP contribution in [0.5, 0.6) is 5.75 Å². The minimum Gasteiger partial charge on any atom is -0.497 e. The maximum Gasteiger partial charge on any atom is 0.318 e. The molecular formula is C20H23BrN2O2. The minimum absolute atomic E-state index is 0.0166. The zero-order valence-electron chi connectivity index (χ0n) is 14.8. The van der Waals surface area contributed by atoms with Crippen molar-refractivity contribution in [2.75, 3.05) is 13.7 Å². The van der Waals surface area contributed by atoms with E-state index in [9.17, 15) is 4.79 Å². The predicted molar refractivity (Wildman–Crippen MR) is 103 cm³/mol. The average Bonchev–Trinajstić information content (AvgIpc) is 2.95. The molecule has 5 heteroatoms. The van der Waals surface area contributed by atoms with Crippen LogP contribution < -0.4 is 10.1 Å². The number of nitrogens with zero attached hydrogens (tertiary/aromatic N) is 1. The van der Waals surface area contributed by atoms with Crippen molar-refractivity contribution in [3.8, 4) is 5.75 Å². The number of methoxy groups -OCH3 is 1. The third kappa shape index (κ3) is 3.13. The van der Waals surface area contributed by atoms with Gasteiger partial charge in [-0.25, -0.2) is 4.79 Å². The largest absolute Gasteiger partial charge is 0.497 e. The molecule has 4 nitrogen and oxygen atoms in total. The number of carbonyl (C=O) groups excluding carboxylic acids is 1. The van der Waals surface area contributed by atoms with Crippen LogP contribution in [0.2, 0.25) is 0 Å². The molecule has 1 aliphatic heterocycles. The quantitative estimate of drug-likeness (QED) is 0.793. The first-order chi connectivity index (χ1) is 12.0. The Balaban J connectivity index is 1.99. The fraction of sp³-hybridized carbons (Fsp3) is 0.350. The van der Waals surface area contributed by atoms with E-state index in [-0.39, 0.29) is 11.6 Å². The summed E-state index contributed by atoms with van der Waals surface area (Å²) in [5.41, 5.74) is 3.12. The summed E-state index contributed by atoms with van der Waals surface area (Å²) in [6.45, 7) is 5.43. The highest BCUT2D eigenvalue weighted by molar-refractivity contribution is 9.10. The number of ether oxygens (including phenoxy) is 1. The molecule has 0 spiro atoms. The summed E-state index contributed by atoms with van der Waals surface area (Å²) in [5.74, 6) is 0.819. The van der Waals surface area contributed by atoms with Crippen LogP contribution in [0.15, 0.2) is 46.9 Å². The lowest BCUT2D eigenvalue weighted by atomic mass is 9.83. The highest BCUT2D eigenvalue weighted by Crippen LogP contribution is 2.39. The van der Waals surface area contributed by atoms with Crippen LogP contribution in [0.3, 0.4) is 0 Å². The van der Waals surface area contributed by atoms with Crippen LogP contribution >= 0.6 is 15.9 Å². The zero-order valence-corrected chi connectivity index (χ0v) is 16.4. The number of halogens is 1. The molecule has 0 saturated carbocycles. The Hall–Kier alpha value is -2.01. The van der Waals surface area contributed by atoms with Crippen molar-refractivity contribution in [2.45, 2.75) is 32.4 Å². The Kier molecular flexibility index (Phi) is 5.04. The lowest BCUT2D eigenvalue weighted by Crippen LogP contribution is -2.44. The second kappa shape index (κ2) is 7.08. The van der Waals surface area contributed by atoms with Gasteiger partial charge >= 0.3 is 6.03 Å². The first kappa shape index (κ1) is 17.8. The summed E-state index contributed by atoms with van der Waals surface area (Å²) < 4.78 is 6.29. The normalized spacial score (nSPS) is 19.8. The number of rotatable bonds is 5. The molecule has 0 aliphatic carbocycles. The van der Waals surface area contributed by atoms with Gasteiger partial charge in [-0.1, -0.05) is 47.1 Å². The van der Waals surface area contributed by atoms with Crippen LogP contribution in [-0.4, -0.2) is 24.6 Å². The summed E-state index contributed by atoms with van der Waals surface area (Å²) in [7, 11) is 1.65. The number of hydrogen-bond acceptors (Lipinski definition) is 2. The van der Waals surface area contributed by atoms with Crippen molar-refractivity contribution in [1.29, 1.82) is 0 Å². The highest BCUT2D eigenvalue weighted by Gasteiger charge is 2.46. The molecule has 1 aliphatic rings. The maximum atomic E-state index is 12.6. The van der Waals surface area contributed by atoms with E-state index in [1.54, 1.807) is 7.11 Å². The number of benzene rings is 2. The Morgan fingerprint density at radius 3 is 2.60 bits per heavy atom. The summed E-state index contributed by atoms with van der Waals surface area (Å²) in [6.07, 6.45) is 0.846. The molecule has 1 fully saturated rings. The van der Waals surface area contributed by atoms with E-state index < -0.39 is 0 Å². The van der Waals surface area contributed by atoms with Crippen molar-refractivity contribution in [3.63, 3.8) is 0 Å². The molecule has 0 aromatic heterocycles. The van der Waals surface area contributed by atoms with Gasteiger partial charge in [0.05, 0.1) is 12.6 Å². The first-order valence-electron chi connectivity index (χ1n) is 8.46. The lowest BCUT2D eigenvalue weighted by molar-refractivity contribution is 0.144. The topological polar surface area (TPSA) is 41.6 Å². The third-order valence-corrected chi connectivity index (χ3v) is 6.01. The van der Waals surface area contributed by atoms with Crippen LogP contribution in [0.1, 0.15) is 30.0 Å². The summed E-state index contributed by atoms with van der Waals surface area (Å²) in [4.78, 5) is 14.6. The molecule has 1 N–H and O–H groups in total. The van der Waals surface area contributed by atoms with Gasteiger partial charge in [0.25, 0.3) is 0 Å². The van der Waals surface area contributed by atoms with E-state index >= 15 is 0 Å². The standard InChI is InChI=1S/C20H23BrN2O2/c1-4-20(17-6-5-7-18(21)14(17)2)13-22-19(24)23(20)12-15-8-10-16(25-3)11-9-15/h5-11H,4,12-13H2,1-3H3,(H,22,24). The molecule has 3 rings (SSSR count). The fourth-order valence-corrected chi connectivity index (χ4v) is 3.97. The molecule has 25 heavy (non-hydrogen) atoms. The van der Waals surface area contributed by atoms with E-state index in [0.29, 0.717) is 13.1 Å². The molecule has 2 amide bonds. The van der Waals surface area contributed by atoms with Gasteiger partial charge in [-0.2, -0.15) is 0 Å². The Bertz CT molecular complexity index is 776. The van der Waals surface area contributed by atoms with Crippen molar-refractivity contribution >= 4 is 22.0 Å². The number of amides is 2. The monoisotopic (exact) mass is 402 g/mol. The molecule has 1 unspecified atom stereocenters. The Labute approximate surface area is 157 Å². The average molecular weight is 403 g/mol. The molecule has 1 saturated heterocycles. The second-order valence-corrected chi connectivity index (χ2v) is 7.24. The Morgan fingerprint density at radius 1 is 1.24 bits per heavy atom. The molecule has 1 atom stereocenters.